The van der Waals surface area contributed by atoms with Gasteiger partial charge in [0.05, 0.1) is 0 Å². The van der Waals surface area contributed by atoms with Gasteiger partial charge in [-0.1, -0.05) is 18.2 Å². The summed E-state index contributed by atoms with van der Waals surface area (Å²) in [7, 11) is 0. The van der Waals surface area contributed by atoms with Crippen LogP contribution in [0.1, 0.15) is 21.6 Å². The average molecular weight is 330 g/mol. The molecular weight excluding hydrogens is 312 g/mol. The first-order valence-electron chi connectivity index (χ1n) is 8.30. The van der Waals surface area contributed by atoms with E-state index in [9.17, 15) is 4.79 Å². The number of nitrogens with zero attached hydrogens (tertiary/aromatic N) is 2. The third-order valence-corrected chi connectivity index (χ3v) is 4.32. The number of rotatable bonds is 4. The molecule has 5 heteroatoms. The molecule has 0 unspecified atom stereocenters. The first-order valence-corrected chi connectivity index (χ1v) is 8.30. The molecule has 1 aliphatic rings. The van der Waals surface area contributed by atoms with Crippen molar-refractivity contribution in [3.05, 3.63) is 77.9 Å². The van der Waals surface area contributed by atoms with E-state index in [1.165, 1.54) is 11.3 Å². The lowest BCUT2D eigenvalue weighted by atomic mass is 10.0. The molecule has 0 radical (unpaired) electrons. The first kappa shape index (κ1) is 15.3. The zero-order valence-corrected chi connectivity index (χ0v) is 13.7. The van der Waals surface area contributed by atoms with E-state index in [-0.39, 0.29) is 5.91 Å². The summed E-state index contributed by atoms with van der Waals surface area (Å²) < 4.78 is 0. The van der Waals surface area contributed by atoms with Gasteiger partial charge in [0.1, 0.15) is 5.69 Å². The second kappa shape index (κ2) is 6.73. The maximum absolute atomic E-state index is 12.2. The summed E-state index contributed by atoms with van der Waals surface area (Å²) in [6.45, 7) is 1.43. The number of fused-ring (bicyclic) bond motifs is 1. The van der Waals surface area contributed by atoms with Gasteiger partial charge in [-0.05, 0) is 47.4 Å². The zero-order chi connectivity index (χ0) is 17.1. The van der Waals surface area contributed by atoms with Crippen LogP contribution in [-0.4, -0.2) is 22.4 Å². The molecule has 124 valence electrons. The number of pyridine rings is 2. The fraction of sp³-hybridized carbons (Fsp3) is 0.150. The summed E-state index contributed by atoms with van der Waals surface area (Å²) in [4.78, 5) is 20.6. The van der Waals surface area contributed by atoms with Gasteiger partial charge < -0.3 is 10.6 Å². The molecule has 1 aromatic carbocycles. The Morgan fingerprint density at radius 2 is 2.04 bits per heavy atom. The van der Waals surface area contributed by atoms with E-state index in [1.807, 2.05) is 18.2 Å². The van der Waals surface area contributed by atoms with Crippen molar-refractivity contribution in [2.45, 2.75) is 13.0 Å². The van der Waals surface area contributed by atoms with Crippen LogP contribution in [0.5, 0.6) is 0 Å². The number of hydrogen-bond acceptors (Lipinski definition) is 4. The molecule has 0 spiro atoms. The standard InChI is InChI=1S/C20H18N4O/c25-20(24-12-14-2-1-8-21-11-14)19-6-4-17(13-23-19)15-3-5-18-16(10-15)7-9-22-18/h1-6,8,10-11,13,22H,7,9,12H2,(H,24,25). The molecule has 0 atom stereocenters. The second-order valence-electron chi connectivity index (χ2n) is 6.02. The Kier molecular flexibility index (Phi) is 4.12. The highest BCUT2D eigenvalue weighted by Crippen LogP contribution is 2.28. The lowest BCUT2D eigenvalue weighted by Gasteiger charge is -2.07. The van der Waals surface area contributed by atoms with Gasteiger partial charge in [-0.3, -0.25) is 14.8 Å². The minimum Gasteiger partial charge on any atom is -0.384 e. The van der Waals surface area contributed by atoms with E-state index in [4.69, 9.17) is 0 Å². The van der Waals surface area contributed by atoms with E-state index in [1.54, 1.807) is 24.7 Å². The topological polar surface area (TPSA) is 66.9 Å². The maximum Gasteiger partial charge on any atom is 0.270 e. The van der Waals surface area contributed by atoms with Gasteiger partial charge in [0, 0.05) is 42.9 Å². The lowest BCUT2D eigenvalue weighted by molar-refractivity contribution is 0.0946. The van der Waals surface area contributed by atoms with Gasteiger partial charge in [0.25, 0.3) is 5.91 Å². The number of nitrogens with one attached hydrogen (secondary N) is 2. The largest absolute Gasteiger partial charge is 0.384 e. The fourth-order valence-electron chi connectivity index (χ4n) is 2.96. The Morgan fingerprint density at radius 1 is 1.12 bits per heavy atom. The number of hydrogen-bond donors (Lipinski definition) is 2. The van der Waals surface area contributed by atoms with Gasteiger partial charge in [-0.2, -0.15) is 0 Å². The molecule has 0 aliphatic carbocycles. The summed E-state index contributed by atoms with van der Waals surface area (Å²) in [5, 5.41) is 6.22. The van der Waals surface area contributed by atoms with Crippen LogP contribution in [0.3, 0.4) is 0 Å². The molecule has 0 saturated carbocycles. The molecule has 2 N–H and O–H groups in total. The predicted molar refractivity (Wildman–Crippen MR) is 97.3 cm³/mol. The van der Waals surface area contributed by atoms with Gasteiger partial charge in [-0.15, -0.1) is 0 Å². The minimum absolute atomic E-state index is 0.187. The predicted octanol–water partition coefficient (Wildman–Crippen LogP) is 3.04. The summed E-state index contributed by atoms with van der Waals surface area (Å²) in [6.07, 6.45) is 6.24. The Bertz CT molecular complexity index is 891. The van der Waals surface area contributed by atoms with Gasteiger partial charge >= 0.3 is 0 Å². The summed E-state index contributed by atoms with van der Waals surface area (Å²) in [5.74, 6) is -0.187. The van der Waals surface area contributed by atoms with Crippen molar-refractivity contribution in [1.29, 1.82) is 0 Å². The quantitative estimate of drug-likeness (QED) is 0.771. The Balaban J connectivity index is 1.45. The zero-order valence-electron chi connectivity index (χ0n) is 13.7. The number of amides is 1. The number of aromatic nitrogens is 2. The van der Waals surface area contributed by atoms with Crippen molar-refractivity contribution >= 4 is 11.6 Å². The monoisotopic (exact) mass is 330 g/mol. The Morgan fingerprint density at radius 3 is 2.84 bits per heavy atom. The van der Waals surface area contributed by atoms with Crippen molar-refractivity contribution in [2.75, 3.05) is 11.9 Å². The van der Waals surface area contributed by atoms with E-state index in [0.29, 0.717) is 12.2 Å². The molecule has 25 heavy (non-hydrogen) atoms. The molecule has 1 amide bonds. The Hall–Kier alpha value is -3.21. The number of anilines is 1. The third kappa shape index (κ3) is 3.35. The highest BCUT2D eigenvalue weighted by atomic mass is 16.1. The molecule has 0 fully saturated rings. The van der Waals surface area contributed by atoms with Crippen LogP contribution in [-0.2, 0) is 13.0 Å². The van der Waals surface area contributed by atoms with Crippen molar-refractivity contribution < 1.29 is 4.79 Å². The van der Waals surface area contributed by atoms with Crippen LogP contribution in [0, 0.1) is 0 Å². The van der Waals surface area contributed by atoms with Gasteiger partial charge in [-0.25, -0.2) is 0 Å². The van der Waals surface area contributed by atoms with Gasteiger partial charge in [0.15, 0.2) is 0 Å². The Labute approximate surface area is 146 Å². The normalized spacial score (nSPS) is 12.3. The SMILES string of the molecule is O=C(NCc1cccnc1)c1ccc(-c2ccc3c(c2)CCN3)cn1. The fourth-order valence-corrected chi connectivity index (χ4v) is 2.96. The molecule has 5 nitrogen and oxygen atoms in total. The van der Waals surface area contributed by atoms with Crippen molar-refractivity contribution in [1.82, 2.24) is 15.3 Å². The lowest BCUT2D eigenvalue weighted by Crippen LogP contribution is -2.23. The van der Waals surface area contributed by atoms with Gasteiger partial charge in [0.2, 0.25) is 0 Å². The molecule has 2 aromatic heterocycles. The molecule has 1 aliphatic heterocycles. The second-order valence-corrected chi connectivity index (χ2v) is 6.02. The smallest absolute Gasteiger partial charge is 0.270 e. The van der Waals surface area contributed by atoms with Crippen LogP contribution >= 0.6 is 0 Å². The molecule has 0 saturated heterocycles. The van der Waals surface area contributed by atoms with Crippen LogP contribution in [0.15, 0.2) is 61.1 Å². The van der Waals surface area contributed by atoms with E-state index in [0.717, 1.165) is 29.7 Å². The third-order valence-electron chi connectivity index (χ3n) is 4.32. The number of carbonyl (C=O) groups excluding carboxylic acids is 1. The molecule has 3 heterocycles. The minimum atomic E-state index is -0.187. The van der Waals surface area contributed by atoms with Crippen molar-refractivity contribution in [3.63, 3.8) is 0 Å². The number of carbonyl (C=O) groups is 1. The molecular formula is C20H18N4O. The first-order chi connectivity index (χ1) is 12.3. The van der Waals surface area contributed by atoms with Crippen molar-refractivity contribution in [3.8, 4) is 11.1 Å². The average Bonchev–Trinajstić information content (AvgIpc) is 3.15. The number of benzene rings is 1. The van der Waals surface area contributed by atoms with Crippen LogP contribution < -0.4 is 10.6 Å². The van der Waals surface area contributed by atoms with Crippen LogP contribution in [0.2, 0.25) is 0 Å². The molecule has 0 bridgehead atoms. The summed E-state index contributed by atoms with van der Waals surface area (Å²) >= 11 is 0. The van der Waals surface area contributed by atoms with E-state index < -0.39 is 0 Å². The highest BCUT2D eigenvalue weighted by Gasteiger charge is 2.12. The van der Waals surface area contributed by atoms with E-state index >= 15 is 0 Å². The van der Waals surface area contributed by atoms with Crippen molar-refractivity contribution in [2.24, 2.45) is 0 Å². The highest BCUT2D eigenvalue weighted by molar-refractivity contribution is 5.92. The molecule has 3 aromatic rings. The summed E-state index contributed by atoms with van der Waals surface area (Å²) in [6, 6.07) is 13.8. The van der Waals surface area contributed by atoms with Crippen LogP contribution in [0.4, 0.5) is 5.69 Å². The van der Waals surface area contributed by atoms with Crippen LogP contribution in [0.25, 0.3) is 11.1 Å². The maximum atomic E-state index is 12.2. The summed E-state index contributed by atoms with van der Waals surface area (Å²) in [5.41, 5.74) is 6.05. The van der Waals surface area contributed by atoms with E-state index in [2.05, 4.69) is 38.8 Å². The molecule has 4 rings (SSSR count).